The molecule has 5 heteroatoms. The molecule has 0 aliphatic carbocycles. The third kappa shape index (κ3) is 1.84. The largest absolute Gasteiger partial charge is 0.508 e. The van der Waals surface area contributed by atoms with Crippen molar-refractivity contribution in [1.82, 2.24) is 0 Å². The van der Waals surface area contributed by atoms with Crippen LogP contribution in [0, 0.1) is 0 Å². The number of hydrogen-bond acceptors (Lipinski definition) is 5. The second-order valence-electron chi connectivity index (χ2n) is 4.36. The number of aromatic hydroxyl groups is 2. The maximum Gasteiger partial charge on any atom is 0.204 e. The third-order valence-corrected chi connectivity index (χ3v) is 3.02. The van der Waals surface area contributed by atoms with Crippen molar-refractivity contribution in [3.63, 3.8) is 0 Å². The highest BCUT2D eigenvalue weighted by Gasteiger charge is 2.13. The van der Waals surface area contributed by atoms with Gasteiger partial charge in [0.15, 0.2) is 0 Å². The number of fused-ring (bicyclic) bond motifs is 2. The first kappa shape index (κ1) is 12.3. The lowest BCUT2D eigenvalue weighted by Gasteiger charge is -2.06. The average Bonchev–Trinajstić information content (AvgIpc) is 2.37. The van der Waals surface area contributed by atoms with Gasteiger partial charge in [-0.05, 0) is 19.1 Å². The van der Waals surface area contributed by atoms with Crippen molar-refractivity contribution in [1.29, 1.82) is 0 Å². The Kier molecular flexibility index (Phi) is 2.75. The normalized spacial score (nSPS) is 11.1. The zero-order valence-electron chi connectivity index (χ0n) is 10.7. The number of benzene rings is 2. The molecule has 0 unspecified atom stereocenters. The maximum atomic E-state index is 12.3. The zero-order valence-corrected chi connectivity index (χ0v) is 10.7. The van der Waals surface area contributed by atoms with Gasteiger partial charge in [-0.1, -0.05) is 0 Å². The molecule has 20 heavy (non-hydrogen) atoms. The summed E-state index contributed by atoms with van der Waals surface area (Å²) in [7, 11) is 0. The van der Waals surface area contributed by atoms with Crippen molar-refractivity contribution >= 4 is 21.9 Å². The van der Waals surface area contributed by atoms with E-state index in [9.17, 15) is 15.0 Å². The predicted octanol–water partition coefficient (Wildman–Crippen LogP) is 2.76. The molecule has 0 aliphatic rings. The van der Waals surface area contributed by atoms with Crippen molar-refractivity contribution < 1.29 is 19.4 Å². The Hall–Kier alpha value is -2.69. The first-order valence-corrected chi connectivity index (χ1v) is 6.15. The van der Waals surface area contributed by atoms with Crippen molar-refractivity contribution in [2.24, 2.45) is 0 Å². The summed E-state index contributed by atoms with van der Waals surface area (Å²) in [5.41, 5.74) is 0.133. The molecule has 0 aliphatic heterocycles. The number of ether oxygens (including phenoxy) is 1. The van der Waals surface area contributed by atoms with Gasteiger partial charge in [0, 0.05) is 18.2 Å². The molecule has 0 saturated heterocycles. The fourth-order valence-electron chi connectivity index (χ4n) is 2.18. The minimum Gasteiger partial charge on any atom is -0.508 e. The van der Waals surface area contributed by atoms with Crippen molar-refractivity contribution in [3.05, 3.63) is 40.6 Å². The highest BCUT2D eigenvalue weighted by molar-refractivity contribution is 5.94. The minimum atomic E-state index is -0.346. The van der Waals surface area contributed by atoms with Gasteiger partial charge in [-0.2, -0.15) is 0 Å². The van der Waals surface area contributed by atoms with Gasteiger partial charge >= 0.3 is 0 Å². The second kappa shape index (κ2) is 4.45. The Morgan fingerprint density at radius 2 is 1.95 bits per heavy atom. The molecule has 0 fully saturated rings. The van der Waals surface area contributed by atoms with Gasteiger partial charge in [-0.15, -0.1) is 0 Å². The Morgan fingerprint density at radius 1 is 1.15 bits per heavy atom. The summed E-state index contributed by atoms with van der Waals surface area (Å²) in [6, 6.07) is 7.29. The van der Waals surface area contributed by atoms with E-state index in [0.29, 0.717) is 23.3 Å². The van der Waals surface area contributed by atoms with E-state index < -0.39 is 0 Å². The van der Waals surface area contributed by atoms with Crippen LogP contribution in [0.25, 0.3) is 21.9 Å². The molecule has 1 aromatic heterocycles. The van der Waals surface area contributed by atoms with Gasteiger partial charge in [0.2, 0.25) is 5.43 Å². The SMILES string of the molecule is CCOc1ccc2c(=O)c3c(O)cc(O)cc3oc2c1. The van der Waals surface area contributed by atoms with Crippen LogP contribution in [0.5, 0.6) is 17.2 Å². The first-order chi connectivity index (χ1) is 9.60. The summed E-state index contributed by atoms with van der Waals surface area (Å²) in [4.78, 5) is 12.3. The van der Waals surface area contributed by atoms with Gasteiger partial charge in [-0.3, -0.25) is 4.79 Å². The summed E-state index contributed by atoms with van der Waals surface area (Å²) >= 11 is 0. The summed E-state index contributed by atoms with van der Waals surface area (Å²) in [5, 5.41) is 19.7. The van der Waals surface area contributed by atoms with Crippen molar-refractivity contribution in [2.45, 2.75) is 6.92 Å². The van der Waals surface area contributed by atoms with Crippen LogP contribution in [0.15, 0.2) is 39.5 Å². The molecule has 1 heterocycles. The lowest BCUT2D eigenvalue weighted by atomic mass is 10.1. The van der Waals surface area contributed by atoms with Crippen LogP contribution < -0.4 is 10.2 Å². The molecule has 0 amide bonds. The van der Waals surface area contributed by atoms with Crippen molar-refractivity contribution in [3.8, 4) is 17.2 Å². The lowest BCUT2D eigenvalue weighted by Crippen LogP contribution is -2.02. The highest BCUT2D eigenvalue weighted by atomic mass is 16.5. The lowest BCUT2D eigenvalue weighted by molar-refractivity contribution is 0.340. The maximum absolute atomic E-state index is 12.3. The van der Waals surface area contributed by atoms with Crippen LogP contribution in [0.3, 0.4) is 0 Å². The molecule has 0 radical (unpaired) electrons. The molecule has 0 spiro atoms. The molecule has 102 valence electrons. The number of rotatable bonds is 2. The number of phenols is 2. The number of hydrogen-bond donors (Lipinski definition) is 2. The second-order valence-corrected chi connectivity index (χ2v) is 4.36. The van der Waals surface area contributed by atoms with Gasteiger partial charge in [0.25, 0.3) is 0 Å². The van der Waals surface area contributed by atoms with E-state index in [4.69, 9.17) is 9.15 Å². The van der Waals surface area contributed by atoms with Gasteiger partial charge in [0.1, 0.15) is 33.8 Å². The van der Waals surface area contributed by atoms with Gasteiger partial charge in [-0.25, -0.2) is 0 Å². The molecular formula is C15H12O5. The predicted molar refractivity (Wildman–Crippen MR) is 74.5 cm³/mol. The fourth-order valence-corrected chi connectivity index (χ4v) is 2.18. The fraction of sp³-hybridized carbons (Fsp3) is 0.133. The van der Waals surface area contributed by atoms with Gasteiger partial charge < -0.3 is 19.4 Å². The Morgan fingerprint density at radius 3 is 2.70 bits per heavy atom. The third-order valence-electron chi connectivity index (χ3n) is 3.02. The van der Waals surface area contributed by atoms with E-state index in [1.54, 1.807) is 18.2 Å². The van der Waals surface area contributed by atoms with E-state index in [1.165, 1.54) is 6.07 Å². The standard InChI is InChI=1S/C15H12O5/c1-2-19-9-3-4-10-12(7-9)20-13-6-8(16)5-11(17)14(13)15(10)18/h3-7,16-17H,2H2,1H3. The summed E-state index contributed by atoms with van der Waals surface area (Å²) in [6.45, 7) is 2.36. The van der Waals surface area contributed by atoms with Gasteiger partial charge in [0.05, 0.1) is 12.0 Å². The van der Waals surface area contributed by atoms with E-state index in [1.807, 2.05) is 6.92 Å². The monoisotopic (exact) mass is 272 g/mol. The Balaban J connectivity index is 2.41. The van der Waals surface area contributed by atoms with Crippen molar-refractivity contribution in [2.75, 3.05) is 6.61 Å². The zero-order chi connectivity index (χ0) is 14.3. The molecule has 0 bridgehead atoms. The van der Waals surface area contributed by atoms with E-state index >= 15 is 0 Å². The van der Waals surface area contributed by atoms with Crippen LogP contribution in [-0.4, -0.2) is 16.8 Å². The van der Waals surface area contributed by atoms with E-state index in [-0.39, 0.29) is 27.9 Å². The van der Waals surface area contributed by atoms with Crippen LogP contribution in [0.1, 0.15) is 6.92 Å². The molecule has 5 nitrogen and oxygen atoms in total. The summed E-state index contributed by atoms with van der Waals surface area (Å²) < 4.78 is 10.9. The molecule has 0 saturated carbocycles. The Labute approximate surface area is 113 Å². The summed E-state index contributed by atoms with van der Waals surface area (Å²) in [6.07, 6.45) is 0. The quantitative estimate of drug-likeness (QED) is 0.701. The molecular weight excluding hydrogens is 260 g/mol. The number of phenolic OH excluding ortho intramolecular Hbond substituents is 2. The molecule has 3 aromatic rings. The first-order valence-electron chi connectivity index (χ1n) is 6.15. The van der Waals surface area contributed by atoms with E-state index in [2.05, 4.69) is 0 Å². The van der Waals surface area contributed by atoms with Crippen LogP contribution in [0.4, 0.5) is 0 Å². The molecule has 0 atom stereocenters. The Bertz CT molecular complexity index is 863. The van der Waals surface area contributed by atoms with Crippen LogP contribution in [-0.2, 0) is 0 Å². The molecule has 2 aromatic carbocycles. The minimum absolute atomic E-state index is 0.0551. The van der Waals surface area contributed by atoms with Crippen LogP contribution in [0.2, 0.25) is 0 Å². The smallest absolute Gasteiger partial charge is 0.204 e. The summed E-state index contributed by atoms with van der Waals surface area (Å²) in [5.74, 6) is 0.120. The van der Waals surface area contributed by atoms with Crippen LogP contribution >= 0.6 is 0 Å². The molecule has 2 N–H and O–H groups in total. The van der Waals surface area contributed by atoms with E-state index in [0.717, 1.165) is 6.07 Å². The molecule has 3 rings (SSSR count). The highest BCUT2D eigenvalue weighted by Crippen LogP contribution is 2.30. The topological polar surface area (TPSA) is 79.9 Å². The average molecular weight is 272 g/mol.